The molecule has 0 fully saturated rings. The predicted molar refractivity (Wildman–Crippen MR) is 240 cm³/mol. The van der Waals surface area contributed by atoms with E-state index in [1.54, 1.807) is 0 Å². The zero-order valence-electron chi connectivity index (χ0n) is 31.3. The SMILES string of the molecule is c1ccc(-c2nc(-c3ccc4cc(-n5c6ccccc6c6cc7c(cc65)c5ccccc5n7-c5ccccc5)ccc4c3)nc(-c3cccc4ccccc34)n2)cc1. The lowest BCUT2D eigenvalue weighted by atomic mass is 10.0. The van der Waals surface area contributed by atoms with Gasteiger partial charge in [0, 0.05) is 49.6 Å². The van der Waals surface area contributed by atoms with Crippen LogP contribution in [0.15, 0.2) is 200 Å². The Balaban J connectivity index is 1.02. The van der Waals surface area contributed by atoms with E-state index in [4.69, 9.17) is 15.0 Å². The second-order valence-electron chi connectivity index (χ2n) is 14.9. The van der Waals surface area contributed by atoms with Crippen LogP contribution in [0.4, 0.5) is 0 Å². The fourth-order valence-corrected chi connectivity index (χ4v) is 8.84. The van der Waals surface area contributed by atoms with Gasteiger partial charge >= 0.3 is 0 Å². The summed E-state index contributed by atoms with van der Waals surface area (Å²) in [4.78, 5) is 15.2. The highest BCUT2D eigenvalue weighted by molar-refractivity contribution is 6.19. The van der Waals surface area contributed by atoms with E-state index in [1.807, 2.05) is 18.2 Å². The van der Waals surface area contributed by atoms with E-state index in [2.05, 4.69) is 191 Å². The van der Waals surface area contributed by atoms with Crippen LogP contribution in [0.2, 0.25) is 0 Å². The van der Waals surface area contributed by atoms with Crippen LogP contribution in [0.3, 0.4) is 0 Å². The summed E-state index contributed by atoms with van der Waals surface area (Å²) in [6.45, 7) is 0. The first-order chi connectivity index (χ1) is 28.7. The molecule has 0 saturated heterocycles. The Kier molecular flexibility index (Phi) is 7.16. The van der Waals surface area contributed by atoms with Gasteiger partial charge in [-0.25, -0.2) is 15.0 Å². The van der Waals surface area contributed by atoms with Gasteiger partial charge < -0.3 is 9.13 Å². The molecule has 0 aliphatic carbocycles. The van der Waals surface area contributed by atoms with Crippen molar-refractivity contribution in [1.82, 2.24) is 24.1 Å². The normalized spacial score (nSPS) is 11.8. The van der Waals surface area contributed by atoms with Crippen molar-refractivity contribution in [1.29, 1.82) is 0 Å². The van der Waals surface area contributed by atoms with Crippen LogP contribution in [-0.2, 0) is 0 Å². The molecular formula is C53H33N5. The number of para-hydroxylation sites is 3. The number of nitrogens with zero attached hydrogens (tertiary/aromatic N) is 5. The zero-order valence-corrected chi connectivity index (χ0v) is 31.3. The van der Waals surface area contributed by atoms with Crippen molar-refractivity contribution in [3.8, 4) is 45.5 Å². The molecule has 9 aromatic carbocycles. The number of rotatable bonds is 5. The number of benzene rings is 9. The van der Waals surface area contributed by atoms with Crippen molar-refractivity contribution in [2.45, 2.75) is 0 Å². The molecule has 12 aromatic rings. The molecule has 0 radical (unpaired) electrons. The molecule has 3 aromatic heterocycles. The molecule has 5 nitrogen and oxygen atoms in total. The smallest absolute Gasteiger partial charge is 0.164 e. The summed E-state index contributed by atoms with van der Waals surface area (Å²) in [5, 5.41) is 9.44. The average Bonchev–Trinajstić information content (AvgIpc) is 3.80. The Labute approximate surface area is 333 Å². The Morgan fingerprint density at radius 3 is 1.53 bits per heavy atom. The van der Waals surface area contributed by atoms with Crippen molar-refractivity contribution >= 4 is 65.2 Å². The van der Waals surface area contributed by atoms with E-state index in [0.717, 1.165) is 49.6 Å². The third-order valence-corrected chi connectivity index (χ3v) is 11.5. The maximum absolute atomic E-state index is 5.12. The summed E-state index contributed by atoms with van der Waals surface area (Å²) in [6.07, 6.45) is 0. The number of fused-ring (bicyclic) bond motifs is 8. The van der Waals surface area contributed by atoms with Crippen LogP contribution >= 0.6 is 0 Å². The predicted octanol–water partition coefficient (Wildman–Crippen LogP) is 13.4. The number of hydrogen-bond donors (Lipinski definition) is 0. The van der Waals surface area contributed by atoms with Gasteiger partial charge in [-0.15, -0.1) is 0 Å². The van der Waals surface area contributed by atoms with Gasteiger partial charge in [-0.1, -0.05) is 146 Å². The lowest BCUT2D eigenvalue weighted by Gasteiger charge is -2.12. The molecule has 0 bridgehead atoms. The molecule has 0 aliphatic rings. The molecule has 0 saturated carbocycles. The highest BCUT2D eigenvalue weighted by atomic mass is 15.0. The van der Waals surface area contributed by atoms with Gasteiger partial charge in [-0.2, -0.15) is 0 Å². The molecule has 270 valence electrons. The molecule has 5 heteroatoms. The van der Waals surface area contributed by atoms with E-state index >= 15 is 0 Å². The quantitative estimate of drug-likeness (QED) is 0.177. The average molecular weight is 740 g/mol. The fourth-order valence-electron chi connectivity index (χ4n) is 8.84. The summed E-state index contributed by atoms with van der Waals surface area (Å²) < 4.78 is 4.81. The van der Waals surface area contributed by atoms with Gasteiger partial charge in [0.05, 0.1) is 22.1 Å². The number of hydrogen-bond acceptors (Lipinski definition) is 3. The van der Waals surface area contributed by atoms with Crippen LogP contribution in [0.25, 0.3) is 111 Å². The Bertz CT molecular complexity index is 3560. The van der Waals surface area contributed by atoms with Gasteiger partial charge in [-0.05, 0) is 76.1 Å². The summed E-state index contributed by atoms with van der Waals surface area (Å²) in [6, 6.07) is 71.0. The summed E-state index contributed by atoms with van der Waals surface area (Å²) in [5.74, 6) is 1.95. The molecule has 0 unspecified atom stereocenters. The van der Waals surface area contributed by atoms with Gasteiger partial charge in [-0.3, -0.25) is 0 Å². The summed E-state index contributed by atoms with van der Waals surface area (Å²) in [5.41, 5.74) is 9.90. The van der Waals surface area contributed by atoms with Gasteiger partial charge in [0.15, 0.2) is 17.5 Å². The minimum atomic E-state index is 0.642. The second kappa shape index (κ2) is 12.8. The van der Waals surface area contributed by atoms with Crippen LogP contribution in [0, 0.1) is 0 Å². The monoisotopic (exact) mass is 739 g/mol. The highest BCUT2D eigenvalue weighted by Crippen LogP contribution is 2.40. The minimum absolute atomic E-state index is 0.642. The first-order valence-corrected chi connectivity index (χ1v) is 19.6. The molecule has 12 rings (SSSR count). The summed E-state index contributed by atoms with van der Waals surface area (Å²) >= 11 is 0. The molecule has 58 heavy (non-hydrogen) atoms. The fraction of sp³-hybridized carbons (Fsp3) is 0. The lowest BCUT2D eigenvalue weighted by molar-refractivity contribution is 1.08. The van der Waals surface area contributed by atoms with Crippen molar-refractivity contribution in [2.75, 3.05) is 0 Å². The van der Waals surface area contributed by atoms with Crippen LogP contribution < -0.4 is 0 Å². The largest absolute Gasteiger partial charge is 0.309 e. The maximum atomic E-state index is 5.12. The molecule has 0 spiro atoms. The van der Waals surface area contributed by atoms with Crippen molar-refractivity contribution in [3.05, 3.63) is 200 Å². The zero-order chi connectivity index (χ0) is 38.2. The molecule has 0 amide bonds. The molecule has 0 atom stereocenters. The second-order valence-corrected chi connectivity index (χ2v) is 14.9. The van der Waals surface area contributed by atoms with Crippen LogP contribution in [0.1, 0.15) is 0 Å². The molecule has 0 N–H and O–H groups in total. The van der Waals surface area contributed by atoms with Crippen LogP contribution in [-0.4, -0.2) is 24.1 Å². The topological polar surface area (TPSA) is 48.5 Å². The van der Waals surface area contributed by atoms with Crippen LogP contribution in [0.5, 0.6) is 0 Å². The Morgan fingerprint density at radius 2 is 0.810 bits per heavy atom. The number of aromatic nitrogens is 5. The maximum Gasteiger partial charge on any atom is 0.164 e. The molecule has 0 aliphatic heterocycles. The lowest BCUT2D eigenvalue weighted by Crippen LogP contribution is -2.00. The minimum Gasteiger partial charge on any atom is -0.309 e. The Morgan fingerprint density at radius 1 is 0.276 bits per heavy atom. The van der Waals surface area contributed by atoms with Gasteiger partial charge in [0.2, 0.25) is 0 Å². The summed E-state index contributed by atoms with van der Waals surface area (Å²) in [7, 11) is 0. The van der Waals surface area contributed by atoms with Gasteiger partial charge in [0.25, 0.3) is 0 Å². The van der Waals surface area contributed by atoms with Crippen molar-refractivity contribution in [3.63, 3.8) is 0 Å². The van der Waals surface area contributed by atoms with Crippen molar-refractivity contribution < 1.29 is 0 Å². The Hall–Kier alpha value is -7.89. The van der Waals surface area contributed by atoms with E-state index in [0.29, 0.717) is 17.5 Å². The van der Waals surface area contributed by atoms with E-state index in [-0.39, 0.29) is 0 Å². The van der Waals surface area contributed by atoms with Crippen molar-refractivity contribution in [2.24, 2.45) is 0 Å². The van der Waals surface area contributed by atoms with E-state index in [9.17, 15) is 0 Å². The third kappa shape index (κ3) is 5.07. The standard InChI is InChI=1S/C53H33N5/c1-3-15-35(16-4-1)51-54-52(56-53(55-51)44-23-13-17-34-14-7-8-20-41(34)44)38-27-26-37-31-40(29-28-36(37)30-38)58-48-25-12-10-22-43(48)46-32-49-45(33-50(46)58)42-21-9-11-24-47(42)57(49)39-18-5-2-6-19-39/h1-33H. The highest BCUT2D eigenvalue weighted by Gasteiger charge is 2.19. The first kappa shape index (κ1) is 32.4. The molecular weight excluding hydrogens is 707 g/mol. The first-order valence-electron chi connectivity index (χ1n) is 19.6. The van der Waals surface area contributed by atoms with E-state index < -0.39 is 0 Å². The van der Waals surface area contributed by atoms with E-state index in [1.165, 1.54) is 43.6 Å². The third-order valence-electron chi connectivity index (χ3n) is 11.5. The van der Waals surface area contributed by atoms with Gasteiger partial charge in [0.1, 0.15) is 0 Å². The molecule has 3 heterocycles.